The van der Waals surface area contributed by atoms with E-state index in [1.165, 1.54) is 0 Å². The number of anilines is 1. The minimum atomic E-state index is -0.296. The van der Waals surface area contributed by atoms with Crippen LogP contribution in [0, 0.1) is 22.7 Å². The molecule has 0 bridgehead atoms. The number of imidazole rings is 1. The molecule has 0 saturated heterocycles. The standard InChI is InChI=1S/C10H6N6O/c11-4-7(5-12)16-15-6-1-2-8-9(3-6)14-10(17)13-8/h1-3,15H,(H2,13,14,17). The van der Waals surface area contributed by atoms with Crippen molar-refractivity contribution in [1.29, 1.82) is 10.5 Å². The van der Waals surface area contributed by atoms with E-state index in [2.05, 4.69) is 20.5 Å². The average Bonchev–Trinajstić information content (AvgIpc) is 2.69. The van der Waals surface area contributed by atoms with Crippen molar-refractivity contribution in [1.82, 2.24) is 9.97 Å². The van der Waals surface area contributed by atoms with E-state index in [1.54, 1.807) is 30.3 Å². The van der Waals surface area contributed by atoms with E-state index in [-0.39, 0.29) is 11.4 Å². The summed E-state index contributed by atoms with van der Waals surface area (Å²) in [5.41, 5.74) is 3.84. The number of aromatic amines is 2. The van der Waals surface area contributed by atoms with Gasteiger partial charge in [0.05, 0.1) is 16.7 Å². The second-order valence-electron chi connectivity index (χ2n) is 3.14. The van der Waals surface area contributed by atoms with Crippen molar-refractivity contribution in [3.8, 4) is 12.1 Å². The molecule has 0 aliphatic heterocycles. The Kier molecular flexibility index (Phi) is 2.59. The number of nitrogens with one attached hydrogen (secondary N) is 3. The van der Waals surface area contributed by atoms with Crippen LogP contribution in [0.15, 0.2) is 28.1 Å². The van der Waals surface area contributed by atoms with Gasteiger partial charge in [0, 0.05) is 0 Å². The molecule has 3 N–H and O–H groups in total. The molecule has 2 rings (SSSR count). The predicted molar refractivity (Wildman–Crippen MR) is 61.2 cm³/mol. The highest BCUT2D eigenvalue weighted by Gasteiger charge is 1.99. The first-order valence-electron chi connectivity index (χ1n) is 4.59. The van der Waals surface area contributed by atoms with E-state index in [0.29, 0.717) is 16.7 Å². The van der Waals surface area contributed by atoms with Crippen LogP contribution in [-0.2, 0) is 0 Å². The van der Waals surface area contributed by atoms with E-state index in [0.717, 1.165) is 0 Å². The Bertz CT molecular complexity index is 708. The number of H-pyrrole nitrogens is 2. The van der Waals surface area contributed by atoms with Crippen molar-refractivity contribution in [2.75, 3.05) is 5.43 Å². The molecule has 1 aromatic carbocycles. The zero-order valence-electron chi connectivity index (χ0n) is 8.48. The molecule has 1 aromatic heterocycles. The molecular weight excluding hydrogens is 220 g/mol. The van der Waals surface area contributed by atoms with E-state index in [1.807, 2.05) is 0 Å². The van der Waals surface area contributed by atoms with Gasteiger partial charge in [-0.3, -0.25) is 5.43 Å². The van der Waals surface area contributed by atoms with Crippen LogP contribution in [0.2, 0.25) is 0 Å². The number of benzene rings is 1. The third kappa shape index (κ3) is 2.13. The van der Waals surface area contributed by atoms with E-state index >= 15 is 0 Å². The van der Waals surface area contributed by atoms with Crippen LogP contribution in [0.25, 0.3) is 11.0 Å². The fraction of sp³-hybridized carbons (Fsp3) is 0. The lowest BCUT2D eigenvalue weighted by molar-refractivity contribution is 1.21. The van der Waals surface area contributed by atoms with Crippen LogP contribution in [0.1, 0.15) is 0 Å². The minimum absolute atomic E-state index is 0.271. The summed E-state index contributed by atoms with van der Waals surface area (Å²) in [7, 11) is 0. The number of rotatable bonds is 2. The van der Waals surface area contributed by atoms with E-state index in [9.17, 15) is 4.79 Å². The van der Waals surface area contributed by atoms with Gasteiger partial charge in [0.2, 0.25) is 5.71 Å². The molecule has 82 valence electrons. The van der Waals surface area contributed by atoms with Crippen molar-refractivity contribution in [2.24, 2.45) is 5.10 Å². The second kappa shape index (κ2) is 4.21. The van der Waals surface area contributed by atoms with E-state index < -0.39 is 0 Å². The maximum Gasteiger partial charge on any atom is 0.323 e. The molecule has 0 unspecified atom stereocenters. The summed E-state index contributed by atoms with van der Waals surface area (Å²) in [5, 5.41) is 20.6. The fourth-order valence-electron chi connectivity index (χ4n) is 1.30. The number of hydrogen-bond donors (Lipinski definition) is 3. The molecule has 7 nitrogen and oxygen atoms in total. The minimum Gasteiger partial charge on any atom is -0.306 e. The van der Waals surface area contributed by atoms with Crippen LogP contribution < -0.4 is 11.1 Å². The van der Waals surface area contributed by atoms with Crippen LogP contribution >= 0.6 is 0 Å². The highest BCUT2D eigenvalue weighted by Crippen LogP contribution is 2.14. The Morgan fingerprint density at radius 1 is 1.24 bits per heavy atom. The Morgan fingerprint density at radius 2 is 1.94 bits per heavy atom. The Labute approximate surface area is 95.0 Å². The van der Waals surface area contributed by atoms with Crippen molar-refractivity contribution in [2.45, 2.75) is 0 Å². The summed E-state index contributed by atoms with van der Waals surface area (Å²) in [6, 6.07) is 8.25. The van der Waals surface area contributed by atoms with Crippen molar-refractivity contribution >= 4 is 22.4 Å². The highest BCUT2D eigenvalue weighted by molar-refractivity contribution is 6.10. The lowest BCUT2D eigenvalue weighted by Crippen LogP contribution is -1.99. The zero-order valence-corrected chi connectivity index (χ0v) is 8.48. The molecule has 0 radical (unpaired) electrons. The van der Waals surface area contributed by atoms with Crippen molar-refractivity contribution in [3.63, 3.8) is 0 Å². The van der Waals surface area contributed by atoms with Crippen LogP contribution in [0.3, 0.4) is 0 Å². The lowest BCUT2D eigenvalue weighted by Gasteiger charge is -1.98. The second-order valence-corrected chi connectivity index (χ2v) is 3.14. The van der Waals surface area contributed by atoms with Gasteiger partial charge in [0.25, 0.3) is 0 Å². The number of fused-ring (bicyclic) bond motifs is 1. The SMILES string of the molecule is N#CC(C#N)=NNc1ccc2[nH]c(=O)[nH]c2c1. The van der Waals surface area contributed by atoms with Gasteiger partial charge in [-0.2, -0.15) is 15.6 Å². The molecule has 0 amide bonds. The third-order valence-corrected chi connectivity index (χ3v) is 2.02. The topological polar surface area (TPSA) is 121 Å². The number of hydrazone groups is 1. The molecule has 2 aromatic rings. The molecule has 0 spiro atoms. The summed E-state index contributed by atoms with van der Waals surface area (Å²) < 4.78 is 0. The first kappa shape index (κ1) is 10.5. The fourth-order valence-corrected chi connectivity index (χ4v) is 1.30. The summed E-state index contributed by atoms with van der Waals surface area (Å²) in [4.78, 5) is 16.2. The molecule has 0 aliphatic rings. The predicted octanol–water partition coefficient (Wildman–Crippen LogP) is 0.671. The van der Waals surface area contributed by atoms with Crippen LogP contribution in [-0.4, -0.2) is 15.7 Å². The van der Waals surface area contributed by atoms with Crippen molar-refractivity contribution in [3.05, 3.63) is 28.7 Å². The third-order valence-electron chi connectivity index (χ3n) is 2.02. The van der Waals surface area contributed by atoms with E-state index in [4.69, 9.17) is 10.5 Å². The monoisotopic (exact) mass is 226 g/mol. The van der Waals surface area contributed by atoms with Gasteiger partial charge < -0.3 is 9.97 Å². The van der Waals surface area contributed by atoms with Gasteiger partial charge in [0.1, 0.15) is 12.1 Å². The van der Waals surface area contributed by atoms with Crippen molar-refractivity contribution < 1.29 is 0 Å². The average molecular weight is 226 g/mol. The normalized spacial score (nSPS) is 9.29. The van der Waals surface area contributed by atoms with Gasteiger partial charge in [0.15, 0.2) is 0 Å². The molecule has 17 heavy (non-hydrogen) atoms. The Morgan fingerprint density at radius 3 is 2.65 bits per heavy atom. The number of nitriles is 2. The number of hydrogen-bond acceptors (Lipinski definition) is 5. The highest BCUT2D eigenvalue weighted by atomic mass is 16.1. The quantitative estimate of drug-likeness (QED) is 0.514. The van der Waals surface area contributed by atoms with Gasteiger partial charge in [-0.05, 0) is 18.2 Å². The summed E-state index contributed by atoms with van der Waals surface area (Å²) >= 11 is 0. The molecular formula is C10H6N6O. The summed E-state index contributed by atoms with van der Waals surface area (Å²) in [5.74, 6) is 0. The van der Waals surface area contributed by atoms with Gasteiger partial charge in [-0.1, -0.05) is 0 Å². The molecule has 7 heteroatoms. The maximum atomic E-state index is 11.0. The summed E-state index contributed by atoms with van der Waals surface area (Å²) in [6.45, 7) is 0. The molecule has 1 heterocycles. The Hall–Kier alpha value is -3.06. The molecule has 0 fully saturated rings. The van der Waals surface area contributed by atoms with Gasteiger partial charge in [-0.25, -0.2) is 4.79 Å². The number of aromatic nitrogens is 2. The smallest absolute Gasteiger partial charge is 0.306 e. The van der Waals surface area contributed by atoms with Crippen LogP contribution in [0.4, 0.5) is 5.69 Å². The largest absolute Gasteiger partial charge is 0.323 e. The maximum absolute atomic E-state index is 11.0. The zero-order chi connectivity index (χ0) is 12.3. The molecule has 0 aliphatic carbocycles. The lowest BCUT2D eigenvalue weighted by atomic mass is 10.3. The first-order chi connectivity index (χ1) is 8.22. The van der Waals surface area contributed by atoms with Gasteiger partial charge in [-0.15, -0.1) is 0 Å². The molecule has 0 atom stereocenters. The van der Waals surface area contributed by atoms with Gasteiger partial charge >= 0.3 is 5.69 Å². The van der Waals surface area contributed by atoms with Crippen LogP contribution in [0.5, 0.6) is 0 Å². The number of nitrogens with zero attached hydrogens (tertiary/aromatic N) is 3. The first-order valence-corrected chi connectivity index (χ1v) is 4.59. The molecule has 0 saturated carbocycles. The Balaban J connectivity index is 2.32. The summed E-state index contributed by atoms with van der Waals surface area (Å²) in [6.07, 6.45) is 0.